The third-order valence-electron chi connectivity index (χ3n) is 2.55. The molecule has 80 valence electrons. The summed E-state index contributed by atoms with van der Waals surface area (Å²) in [5.74, 6) is 1.54. The molecule has 13 heavy (non-hydrogen) atoms. The van der Waals surface area contributed by atoms with E-state index in [1.54, 1.807) is 0 Å². The van der Waals surface area contributed by atoms with E-state index in [4.69, 9.17) is 0 Å². The lowest BCUT2D eigenvalue weighted by Gasteiger charge is -2.33. The first-order valence-corrected chi connectivity index (χ1v) is 7.33. The molecule has 0 aromatic carbocycles. The summed E-state index contributed by atoms with van der Waals surface area (Å²) in [6.45, 7) is 16.2. The molecule has 0 saturated carbocycles. The standard InChI is InChI=1S/C11H24S2/c1-8(2)10(5)11(6,7)13-12-9(3)4/h8-10H,1-7H3. The maximum atomic E-state index is 2.36. The summed E-state index contributed by atoms with van der Waals surface area (Å²) in [4.78, 5) is 0. The molecule has 0 aliphatic carbocycles. The normalized spacial score (nSPS) is 15.5. The lowest BCUT2D eigenvalue weighted by molar-refractivity contribution is 0.348. The van der Waals surface area contributed by atoms with Crippen LogP contribution >= 0.6 is 21.6 Å². The van der Waals surface area contributed by atoms with Crippen LogP contribution < -0.4 is 0 Å². The molecule has 0 spiro atoms. The Bertz CT molecular complexity index is 139. The molecule has 0 radical (unpaired) electrons. The minimum absolute atomic E-state index is 0.392. The van der Waals surface area contributed by atoms with E-state index in [0.29, 0.717) is 4.75 Å². The van der Waals surface area contributed by atoms with E-state index in [-0.39, 0.29) is 0 Å². The van der Waals surface area contributed by atoms with Crippen molar-refractivity contribution in [2.24, 2.45) is 11.8 Å². The molecule has 0 N–H and O–H groups in total. The first-order chi connectivity index (χ1) is 5.77. The molecular formula is C11H24S2. The zero-order chi connectivity index (χ0) is 10.6. The summed E-state index contributed by atoms with van der Waals surface area (Å²) in [7, 11) is 4.04. The van der Waals surface area contributed by atoms with Gasteiger partial charge in [0.15, 0.2) is 0 Å². The number of hydrogen-bond donors (Lipinski definition) is 0. The fourth-order valence-electron chi connectivity index (χ4n) is 1.10. The summed E-state index contributed by atoms with van der Waals surface area (Å²) in [6.07, 6.45) is 0. The van der Waals surface area contributed by atoms with Crippen LogP contribution in [-0.4, -0.2) is 10.00 Å². The molecule has 0 amide bonds. The van der Waals surface area contributed by atoms with Crippen LogP contribution in [0.2, 0.25) is 0 Å². The zero-order valence-electron chi connectivity index (χ0n) is 10.0. The molecule has 0 aliphatic heterocycles. The molecule has 2 heteroatoms. The highest BCUT2D eigenvalue weighted by molar-refractivity contribution is 8.77. The van der Waals surface area contributed by atoms with E-state index in [0.717, 1.165) is 17.1 Å². The number of rotatable bonds is 5. The van der Waals surface area contributed by atoms with Crippen molar-refractivity contribution in [3.8, 4) is 0 Å². The summed E-state index contributed by atoms with van der Waals surface area (Å²) < 4.78 is 0.392. The van der Waals surface area contributed by atoms with Gasteiger partial charge in [-0.1, -0.05) is 56.2 Å². The summed E-state index contributed by atoms with van der Waals surface area (Å²) >= 11 is 0. The van der Waals surface area contributed by atoms with E-state index in [9.17, 15) is 0 Å². The van der Waals surface area contributed by atoms with Crippen molar-refractivity contribution < 1.29 is 0 Å². The first kappa shape index (κ1) is 13.7. The molecule has 1 unspecified atom stereocenters. The Morgan fingerprint density at radius 2 is 1.38 bits per heavy atom. The van der Waals surface area contributed by atoms with Crippen molar-refractivity contribution in [1.29, 1.82) is 0 Å². The third kappa shape index (κ3) is 5.21. The van der Waals surface area contributed by atoms with Gasteiger partial charge in [0.25, 0.3) is 0 Å². The van der Waals surface area contributed by atoms with Crippen molar-refractivity contribution >= 4 is 21.6 Å². The third-order valence-corrected chi connectivity index (χ3v) is 6.57. The van der Waals surface area contributed by atoms with Crippen LogP contribution in [-0.2, 0) is 0 Å². The van der Waals surface area contributed by atoms with Crippen LogP contribution in [0.1, 0.15) is 48.5 Å². The van der Waals surface area contributed by atoms with Crippen molar-refractivity contribution in [3.05, 3.63) is 0 Å². The fourth-order valence-corrected chi connectivity index (χ4v) is 3.74. The Balaban J connectivity index is 4.06. The predicted molar refractivity (Wildman–Crippen MR) is 68.4 cm³/mol. The summed E-state index contributed by atoms with van der Waals surface area (Å²) in [5.41, 5.74) is 0. The van der Waals surface area contributed by atoms with E-state index in [1.807, 2.05) is 21.6 Å². The van der Waals surface area contributed by atoms with Gasteiger partial charge < -0.3 is 0 Å². The molecule has 0 rings (SSSR count). The van der Waals surface area contributed by atoms with Crippen molar-refractivity contribution in [3.63, 3.8) is 0 Å². The Kier molecular flexibility index (Phi) is 5.85. The second-order valence-electron chi connectivity index (χ2n) is 4.86. The van der Waals surface area contributed by atoms with Crippen molar-refractivity contribution in [1.82, 2.24) is 0 Å². The molecule has 0 aromatic rings. The molecule has 0 bridgehead atoms. The second-order valence-corrected chi connectivity index (χ2v) is 8.30. The lowest BCUT2D eigenvalue weighted by atomic mass is 9.87. The highest BCUT2D eigenvalue weighted by atomic mass is 33.1. The Labute approximate surface area is 92.0 Å². The topological polar surface area (TPSA) is 0 Å². The predicted octanol–water partition coefficient (Wildman–Crippen LogP) is 4.85. The smallest absolute Gasteiger partial charge is 0.0235 e. The van der Waals surface area contributed by atoms with Crippen LogP contribution in [0.15, 0.2) is 0 Å². The van der Waals surface area contributed by atoms with Crippen molar-refractivity contribution in [2.75, 3.05) is 0 Å². The fraction of sp³-hybridized carbons (Fsp3) is 1.00. The van der Waals surface area contributed by atoms with Crippen molar-refractivity contribution in [2.45, 2.75) is 58.5 Å². The van der Waals surface area contributed by atoms with Gasteiger partial charge in [0, 0.05) is 10.00 Å². The minimum Gasteiger partial charge on any atom is -0.0907 e. The van der Waals surface area contributed by atoms with E-state index in [1.165, 1.54) is 0 Å². The molecule has 0 heterocycles. The maximum Gasteiger partial charge on any atom is 0.0235 e. The van der Waals surface area contributed by atoms with Crippen LogP contribution in [0.3, 0.4) is 0 Å². The van der Waals surface area contributed by atoms with Gasteiger partial charge in [-0.3, -0.25) is 0 Å². The molecule has 0 nitrogen and oxygen atoms in total. The SMILES string of the molecule is CC(C)SSC(C)(C)C(C)C(C)C. The average molecular weight is 220 g/mol. The van der Waals surface area contributed by atoms with Gasteiger partial charge in [-0.25, -0.2) is 0 Å². The second kappa shape index (κ2) is 5.55. The van der Waals surface area contributed by atoms with Gasteiger partial charge >= 0.3 is 0 Å². The summed E-state index contributed by atoms with van der Waals surface area (Å²) in [5, 5.41) is 0.726. The van der Waals surface area contributed by atoms with E-state index < -0.39 is 0 Å². The highest BCUT2D eigenvalue weighted by Crippen LogP contribution is 2.44. The van der Waals surface area contributed by atoms with Crippen LogP contribution in [0.25, 0.3) is 0 Å². The van der Waals surface area contributed by atoms with E-state index >= 15 is 0 Å². The Hall–Kier alpha value is 0.700. The van der Waals surface area contributed by atoms with Gasteiger partial charge in [0.1, 0.15) is 0 Å². The lowest BCUT2D eigenvalue weighted by Crippen LogP contribution is -2.28. The Morgan fingerprint density at radius 3 is 1.69 bits per heavy atom. The number of hydrogen-bond acceptors (Lipinski definition) is 2. The molecular weight excluding hydrogens is 196 g/mol. The molecule has 0 aliphatic rings. The quantitative estimate of drug-likeness (QED) is 0.608. The van der Waals surface area contributed by atoms with Gasteiger partial charge in [-0.2, -0.15) is 0 Å². The van der Waals surface area contributed by atoms with Gasteiger partial charge in [0.2, 0.25) is 0 Å². The summed E-state index contributed by atoms with van der Waals surface area (Å²) in [6, 6.07) is 0. The van der Waals surface area contributed by atoms with Gasteiger partial charge in [0.05, 0.1) is 0 Å². The first-order valence-electron chi connectivity index (χ1n) is 5.12. The monoisotopic (exact) mass is 220 g/mol. The van der Waals surface area contributed by atoms with Crippen LogP contribution in [0.4, 0.5) is 0 Å². The molecule has 0 saturated heterocycles. The zero-order valence-corrected chi connectivity index (χ0v) is 11.7. The average Bonchev–Trinajstić information content (AvgIpc) is 1.99. The maximum absolute atomic E-state index is 2.36. The van der Waals surface area contributed by atoms with Crippen LogP contribution in [0, 0.1) is 11.8 Å². The Morgan fingerprint density at radius 1 is 0.923 bits per heavy atom. The largest absolute Gasteiger partial charge is 0.0907 e. The molecule has 0 aromatic heterocycles. The van der Waals surface area contributed by atoms with E-state index in [2.05, 4.69) is 48.5 Å². The van der Waals surface area contributed by atoms with Gasteiger partial charge in [-0.15, -0.1) is 0 Å². The molecule has 1 atom stereocenters. The van der Waals surface area contributed by atoms with Gasteiger partial charge in [-0.05, 0) is 25.7 Å². The highest BCUT2D eigenvalue weighted by Gasteiger charge is 2.29. The van der Waals surface area contributed by atoms with Crippen LogP contribution in [0.5, 0.6) is 0 Å². The minimum atomic E-state index is 0.392. The molecule has 0 fully saturated rings.